The van der Waals surface area contributed by atoms with Gasteiger partial charge >= 0.3 is 0 Å². The highest BCUT2D eigenvalue weighted by Crippen LogP contribution is 2.38. The van der Waals surface area contributed by atoms with Crippen molar-refractivity contribution in [2.45, 2.75) is 52.6 Å². The Hall–Kier alpha value is -3.14. The van der Waals surface area contributed by atoms with Crippen molar-refractivity contribution in [3.8, 4) is 6.07 Å². The van der Waals surface area contributed by atoms with E-state index in [1.54, 1.807) is 17.3 Å². The average molecular weight is 393 g/mol. The van der Waals surface area contributed by atoms with Crippen LogP contribution in [0.2, 0.25) is 0 Å². The molecule has 1 N–H and O–H groups in total. The molecule has 2 aromatic rings. The van der Waals surface area contributed by atoms with Crippen LogP contribution >= 0.6 is 0 Å². The highest BCUT2D eigenvalue weighted by Gasteiger charge is 2.36. The Morgan fingerprint density at radius 2 is 2.03 bits per heavy atom. The average Bonchev–Trinajstić information content (AvgIpc) is 2.75. The number of nitriles is 1. The number of rotatable bonds is 8. The molecule has 2 heterocycles. The standard InChI is InChI=1S/C22H28N6O/c1-4-7-11-18-22(29)28(14-17-10-8-9-16(12-17)13-23)19-20(26-18)24-15-25-21(19)27(5-2)6-3/h8-10,12,15,18H,4-7,11,14H2,1-3H3,(H,24,25,26)/t18-/m0/s1. The molecule has 0 aliphatic carbocycles. The van der Waals surface area contributed by atoms with Crippen molar-refractivity contribution in [1.29, 1.82) is 5.26 Å². The number of carbonyl (C=O) groups is 1. The molecule has 0 unspecified atom stereocenters. The first-order chi connectivity index (χ1) is 14.1. The van der Waals surface area contributed by atoms with Crippen molar-refractivity contribution in [1.82, 2.24) is 9.97 Å². The molecule has 0 radical (unpaired) electrons. The predicted octanol–water partition coefficient (Wildman–Crippen LogP) is 3.71. The van der Waals surface area contributed by atoms with Gasteiger partial charge in [-0.2, -0.15) is 5.26 Å². The lowest BCUT2D eigenvalue weighted by molar-refractivity contribution is -0.119. The molecule has 7 nitrogen and oxygen atoms in total. The Morgan fingerprint density at radius 3 is 2.72 bits per heavy atom. The highest BCUT2D eigenvalue weighted by atomic mass is 16.2. The molecule has 1 amide bonds. The Bertz CT molecular complexity index is 902. The molecule has 29 heavy (non-hydrogen) atoms. The third-order valence-corrected chi connectivity index (χ3v) is 5.25. The molecule has 1 aromatic heterocycles. The summed E-state index contributed by atoms with van der Waals surface area (Å²) in [5.74, 6) is 1.47. The number of unbranched alkanes of at least 4 members (excludes halogenated alkanes) is 1. The van der Waals surface area contributed by atoms with E-state index in [-0.39, 0.29) is 11.9 Å². The summed E-state index contributed by atoms with van der Waals surface area (Å²) in [6, 6.07) is 9.26. The summed E-state index contributed by atoms with van der Waals surface area (Å²) in [5.41, 5.74) is 2.21. The Balaban J connectivity index is 2.06. The monoisotopic (exact) mass is 392 g/mol. The van der Waals surface area contributed by atoms with E-state index in [0.29, 0.717) is 17.9 Å². The van der Waals surface area contributed by atoms with Crippen LogP contribution in [0, 0.1) is 11.3 Å². The van der Waals surface area contributed by atoms with Crippen LogP contribution in [0.4, 0.5) is 17.3 Å². The molecule has 152 valence electrons. The van der Waals surface area contributed by atoms with Crippen LogP contribution in [0.15, 0.2) is 30.6 Å². The minimum Gasteiger partial charge on any atom is -0.356 e. The van der Waals surface area contributed by atoms with Crippen molar-refractivity contribution < 1.29 is 4.79 Å². The molecular weight excluding hydrogens is 364 g/mol. The molecule has 1 aliphatic heterocycles. The van der Waals surface area contributed by atoms with Gasteiger partial charge in [0.25, 0.3) is 0 Å². The number of nitrogens with zero attached hydrogens (tertiary/aromatic N) is 5. The first-order valence-electron chi connectivity index (χ1n) is 10.3. The largest absolute Gasteiger partial charge is 0.356 e. The van der Waals surface area contributed by atoms with Gasteiger partial charge in [0.15, 0.2) is 11.6 Å². The second kappa shape index (κ2) is 9.37. The smallest absolute Gasteiger partial charge is 0.250 e. The Morgan fingerprint density at radius 1 is 1.24 bits per heavy atom. The first-order valence-corrected chi connectivity index (χ1v) is 10.3. The van der Waals surface area contributed by atoms with Gasteiger partial charge in [0.05, 0.1) is 18.2 Å². The zero-order valence-electron chi connectivity index (χ0n) is 17.4. The van der Waals surface area contributed by atoms with Crippen molar-refractivity contribution >= 4 is 23.2 Å². The van der Waals surface area contributed by atoms with E-state index < -0.39 is 0 Å². The summed E-state index contributed by atoms with van der Waals surface area (Å²) in [5, 5.41) is 12.6. The fourth-order valence-corrected chi connectivity index (χ4v) is 3.69. The first kappa shape index (κ1) is 20.6. The molecule has 1 aliphatic rings. The molecule has 7 heteroatoms. The van der Waals surface area contributed by atoms with Gasteiger partial charge in [-0.3, -0.25) is 9.69 Å². The van der Waals surface area contributed by atoms with Gasteiger partial charge in [-0.25, -0.2) is 9.97 Å². The predicted molar refractivity (Wildman–Crippen MR) is 115 cm³/mol. The number of anilines is 3. The second-order valence-electron chi connectivity index (χ2n) is 7.14. The maximum atomic E-state index is 13.4. The van der Waals surface area contributed by atoms with E-state index in [1.165, 1.54) is 0 Å². The molecule has 0 spiro atoms. The minimum absolute atomic E-state index is 0.0246. The third kappa shape index (κ3) is 4.32. The van der Waals surface area contributed by atoms with Crippen LogP contribution in [-0.2, 0) is 11.3 Å². The Kier molecular flexibility index (Phi) is 6.65. The molecule has 0 saturated carbocycles. The lowest BCUT2D eigenvalue weighted by Crippen LogP contribution is -2.48. The lowest BCUT2D eigenvalue weighted by atomic mass is 10.0. The van der Waals surface area contributed by atoms with Gasteiger partial charge < -0.3 is 10.2 Å². The van der Waals surface area contributed by atoms with Crippen LogP contribution in [0.3, 0.4) is 0 Å². The summed E-state index contributed by atoms with van der Waals surface area (Å²) < 4.78 is 0. The zero-order valence-corrected chi connectivity index (χ0v) is 17.4. The fourth-order valence-electron chi connectivity index (χ4n) is 3.69. The fraction of sp³-hybridized carbons (Fsp3) is 0.455. The SMILES string of the molecule is CCCC[C@@H]1Nc2ncnc(N(CC)CC)c2N(Cc2cccc(C#N)c2)C1=O. The van der Waals surface area contributed by atoms with Crippen LogP contribution in [0.25, 0.3) is 0 Å². The van der Waals surface area contributed by atoms with Gasteiger partial charge in [0.1, 0.15) is 18.1 Å². The quantitative estimate of drug-likeness (QED) is 0.737. The summed E-state index contributed by atoms with van der Waals surface area (Å²) in [4.78, 5) is 26.3. The summed E-state index contributed by atoms with van der Waals surface area (Å²) in [6.45, 7) is 8.21. The maximum Gasteiger partial charge on any atom is 0.250 e. The number of benzene rings is 1. The van der Waals surface area contributed by atoms with Gasteiger partial charge in [-0.05, 0) is 38.0 Å². The topological polar surface area (TPSA) is 85.2 Å². The van der Waals surface area contributed by atoms with Crippen LogP contribution in [-0.4, -0.2) is 35.0 Å². The van der Waals surface area contributed by atoms with Crippen molar-refractivity contribution in [2.24, 2.45) is 0 Å². The van der Waals surface area contributed by atoms with Crippen molar-refractivity contribution in [3.63, 3.8) is 0 Å². The number of hydrogen-bond donors (Lipinski definition) is 1. The highest BCUT2D eigenvalue weighted by molar-refractivity contribution is 6.06. The van der Waals surface area contributed by atoms with E-state index in [1.807, 2.05) is 18.2 Å². The van der Waals surface area contributed by atoms with Gasteiger partial charge in [-0.1, -0.05) is 31.9 Å². The maximum absolute atomic E-state index is 13.4. The van der Waals surface area contributed by atoms with E-state index in [4.69, 9.17) is 0 Å². The van der Waals surface area contributed by atoms with E-state index in [9.17, 15) is 10.1 Å². The molecule has 1 aromatic carbocycles. The number of aromatic nitrogens is 2. The van der Waals surface area contributed by atoms with Gasteiger partial charge in [-0.15, -0.1) is 0 Å². The summed E-state index contributed by atoms with van der Waals surface area (Å²) >= 11 is 0. The van der Waals surface area contributed by atoms with Crippen LogP contribution < -0.4 is 15.1 Å². The van der Waals surface area contributed by atoms with Crippen LogP contribution in [0.5, 0.6) is 0 Å². The number of hydrogen-bond acceptors (Lipinski definition) is 6. The number of amides is 1. The molecule has 0 fully saturated rings. The van der Waals surface area contributed by atoms with Crippen molar-refractivity contribution in [3.05, 3.63) is 41.7 Å². The second-order valence-corrected chi connectivity index (χ2v) is 7.14. The van der Waals surface area contributed by atoms with Gasteiger partial charge in [0.2, 0.25) is 5.91 Å². The zero-order chi connectivity index (χ0) is 20.8. The minimum atomic E-state index is -0.305. The lowest BCUT2D eigenvalue weighted by Gasteiger charge is -2.37. The summed E-state index contributed by atoms with van der Waals surface area (Å²) in [7, 11) is 0. The van der Waals surface area contributed by atoms with E-state index in [2.05, 4.69) is 47.0 Å². The molecule has 0 saturated heterocycles. The number of nitrogens with one attached hydrogen (secondary N) is 1. The Labute approximate surface area is 172 Å². The van der Waals surface area contributed by atoms with E-state index in [0.717, 1.165) is 49.4 Å². The molecule has 0 bridgehead atoms. The third-order valence-electron chi connectivity index (χ3n) is 5.25. The normalized spacial score (nSPS) is 15.4. The van der Waals surface area contributed by atoms with Gasteiger partial charge in [0, 0.05) is 13.1 Å². The number of carbonyl (C=O) groups excluding carboxylic acids is 1. The summed E-state index contributed by atoms with van der Waals surface area (Å²) in [6.07, 6.45) is 4.30. The number of fused-ring (bicyclic) bond motifs is 1. The molecule has 1 atom stereocenters. The van der Waals surface area contributed by atoms with Crippen LogP contribution in [0.1, 0.15) is 51.2 Å². The molecule has 3 rings (SSSR count). The van der Waals surface area contributed by atoms with E-state index >= 15 is 0 Å². The molecular formula is C22H28N6O. The van der Waals surface area contributed by atoms with Crippen molar-refractivity contribution in [2.75, 3.05) is 28.2 Å².